The lowest BCUT2D eigenvalue weighted by molar-refractivity contribution is 0.611. The Morgan fingerprint density at radius 2 is 1.97 bits per heavy atom. The first-order valence-corrected chi connectivity index (χ1v) is 12.2. The molecule has 29 heavy (non-hydrogen) atoms. The zero-order valence-electron chi connectivity index (χ0n) is 15.9. The minimum absolute atomic E-state index is 0.815. The number of nitrogens with one attached hydrogen (secondary N) is 1. The third kappa shape index (κ3) is 5.15. The van der Waals surface area contributed by atoms with E-state index in [9.17, 15) is 0 Å². The Labute approximate surface area is 195 Å². The van der Waals surface area contributed by atoms with Crippen LogP contribution in [-0.2, 0) is 12.8 Å². The number of benzene rings is 1. The lowest BCUT2D eigenvalue weighted by atomic mass is 9.90. The van der Waals surface area contributed by atoms with Gasteiger partial charge >= 0.3 is 0 Å². The third-order valence-corrected chi connectivity index (χ3v) is 7.01. The molecule has 3 heterocycles. The first-order chi connectivity index (χ1) is 14.1. The normalized spacial score (nSPS) is 18.2. The van der Waals surface area contributed by atoms with Crippen LogP contribution in [0.15, 0.2) is 62.2 Å². The van der Waals surface area contributed by atoms with Gasteiger partial charge in [0.2, 0.25) is 0 Å². The predicted octanol–water partition coefficient (Wildman–Crippen LogP) is 6.82. The molecule has 3 aromatic rings. The van der Waals surface area contributed by atoms with Gasteiger partial charge in [-0.15, -0.1) is 24.0 Å². The van der Waals surface area contributed by atoms with Gasteiger partial charge in [0.05, 0.1) is 9.90 Å². The summed E-state index contributed by atoms with van der Waals surface area (Å²) in [5, 5.41) is 6.33. The highest BCUT2D eigenvalue weighted by atomic mass is 79.9. The minimum atomic E-state index is 0.815. The van der Waals surface area contributed by atoms with E-state index in [0.717, 1.165) is 51.8 Å². The average molecular weight is 506 g/mol. The number of pyridine rings is 1. The summed E-state index contributed by atoms with van der Waals surface area (Å²) in [5.41, 5.74) is 7.90. The second kappa shape index (κ2) is 9.80. The van der Waals surface area contributed by atoms with Crippen LogP contribution >= 0.6 is 51.5 Å². The van der Waals surface area contributed by atoms with Crippen LogP contribution in [-0.4, -0.2) is 18.1 Å². The number of nitrogens with zero attached hydrogens (tertiary/aromatic N) is 1. The molecular weight excluding hydrogens is 484 g/mol. The highest BCUT2D eigenvalue weighted by Gasteiger charge is 2.23. The van der Waals surface area contributed by atoms with Gasteiger partial charge in [-0.3, -0.25) is 4.98 Å². The molecule has 0 unspecified atom stereocenters. The number of thiophene rings is 1. The van der Waals surface area contributed by atoms with Crippen molar-refractivity contribution in [2.24, 2.45) is 0 Å². The van der Waals surface area contributed by atoms with Gasteiger partial charge in [-0.2, -0.15) is 0 Å². The van der Waals surface area contributed by atoms with Gasteiger partial charge in [-0.25, -0.2) is 0 Å². The monoisotopic (exact) mass is 504 g/mol. The summed E-state index contributed by atoms with van der Waals surface area (Å²) in [4.78, 5) is 4.79. The third-order valence-electron chi connectivity index (χ3n) is 5.20. The molecule has 2 aromatic heterocycles. The quantitative estimate of drug-likeness (QED) is 0.328. The Kier molecular flexibility index (Phi) is 7.14. The van der Waals surface area contributed by atoms with Crippen LogP contribution in [0.1, 0.15) is 35.2 Å². The Morgan fingerprint density at radius 3 is 2.66 bits per heavy atom. The van der Waals surface area contributed by atoms with Crippen molar-refractivity contribution >= 4 is 57.1 Å². The maximum atomic E-state index is 6.25. The smallest absolute Gasteiger partial charge is 0.0741 e. The van der Waals surface area contributed by atoms with Crippen LogP contribution in [0.3, 0.4) is 0 Å². The largest absolute Gasteiger partial charge is 0.313 e. The molecule has 0 bridgehead atoms. The maximum absolute atomic E-state index is 6.25. The van der Waals surface area contributed by atoms with E-state index in [-0.39, 0.29) is 0 Å². The standard InChI is InChI=1S/C19H18BrClN2.C4H4S2/c20-15-8-13-4-3-12-9-16(21)5-6-17(12)18(19(13)23-11-15)14-2-1-7-22-10-14;5-4-2-1-3-6-4/h5-6,8-9,11,22H,1-4,7,10H2;1-3,5H/b18-14-;. The summed E-state index contributed by atoms with van der Waals surface area (Å²) in [7, 11) is 0. The molecule has 0 atom stereocenters. The molecule has 5 rings (SSSR count). The van der Waals surface area contributed by atoms with Crippen molar-refractivity contribution in [3.8, 4) is 0 Å². The Bertz CT molecular complexity index is 968. The molecular formula is C23H22BrClN2S2. The summed E-state index contributed by atoms with van der Waals surface area (Å²) in [6.45, 7) is 2.06. The second-order valence-electron chi connectivity index (χ2n) is 7.17. The Hall–Kier alpha value is -1.11. The molecule has 1 aromatic carbocycles. The highest BCUT2D eigenvalue weighted by molar-refractivity contribution is 9.10. The lowest BCUT2D eigenvalue weighted by Crippen LogP contribution is -2.25. The van der Waals surface area contributed by atoms with Gasteiger partial charge < -0.3 is 5.32 Å². The number of thiol groups is 1. The van der Waals surface area contributed by atoms with Gasteiger partial charge in [0.1, 0.15) is 0 Å². The van der Waals surface area contributed by atoms with Crippen molar-refractivity contribution in [1.82, 2.24) is 10.3 Å². The summed E-state index contributed by atoms with van der Waals surface area (Å²) < 4.78 is 2.13. The van der Waals surface area contributed by atoms with Crippen LogP contribution in [0.5, 0.6) is 0 Å². The average Bonchev–Trinajstić information content (AvgIpc) is 3.15. The van der Waals surface area contributed by atoms with E-state index in [4.69, 9.17) is 16.6 Å². The summed E-state index contributed by atoms with van der Waals surface area (Å²) in [6.07, 6.45) is 6.25. The van der Waals surface area contributed by atoms with Gasteiger partial charge in [0.15, 0.2) is 0 Å². The number of piperidine rings is 1. The number of hydrogen-bond acceptors (Lipinski definition) is 4. The van der Waals surface area contributed by atoms with Gasteiger partial charge in [0.25, 0.3) is 0 Å². The summed E-state index contributed by atoms with van der Waals surface area (Å²) >= 11 is 15.5. The van der Waals surface area contributed by atoms with Crippen molar-refractivity contribution in [1.29, 1.82) is 0 Å². The summed E-state index contributed by atoms with van der Waals surface area (Å²) in [5.74, 6) is 0. The number of aryl methyl sites for hydroxylation is 2. The molecule has 0 radical (unpaired) electrons. The molecule has 2 nitrogen and oxygen atoms in total. The number of halogens is 2. The van der Waals surface area contributed by atoms with E-state index < -0.39 is 0 Å². The minimum Gasteiger partial charge on any atom is -0.313 e. The molecule has 2 aliphatic rings. The van der Waals surface area contributed by atoms with E-state index in [1.165, 1.54) is 34.3 Å². The molecule has 6 heteroatoms. The fraction of sp³-hybridized carbons (Fsp3) is 0.261. The van der Waals surface area contributed by atoms with Crippen LogP contribution in [0, 0.1) is 0 Å². The van der Waals surface area contributed by atoms with Crippen LogP contribution in [0.25, 0.3) is 5.57 Å². The topological polar surface area (TPSA) is 24.9 Å². The molecule has 1 aliphatic carbocycles. The molecule has 1 aliphatic heterocycles. The van der Waals surface area contributed by atoms with Crippen molar-refractivity contribution in [2.75, 3.05) is 13.1 Å². The Balaban J connectivity index is 0.000000294. The maximum Gasteiger partial charge on any atom is 0.0741 e. The van der Waals surface area contributed by atoms with E-state index in [1.54, 1.807) is 11.3 Å². The SMILES string of the molecule is Clc1ccc2c(c1)CCc1cc(Br)cnc1/C2=C1/CCCNC1.Sc1cccs1. The number of hydrogen-bond donors (Lipinski definition) is 2. The van der Waals surface area contributed by atoms with Gasteiger partial charge in [-0.05, 0) is 100 Å². The number of fused-ring (bicyclic) bond motifs is 2. The number of aromatic nitrogens is 1. The lowest BCUT2D eigenvalue weighted by Gasteiger charge is -2.22. The Morgan fingerprint density at radius 1 is 1.10 bits per heavy atom. The molecule has 0 spiro atoms. The van der Waals surface area contributed by atoms with Crippen LogP contribution < -0.4 is 5.32 Å². The second-order valence-corrected chi connectivity index (χ2v) is 10.3. The van der Waals surface area contributed by atoms with E-state index in [0.29, 0.717) is 0 Å². The van der Waals surface area contributed by atoms with Crippen molar-refractivity contribution in [3.05, 3.63) is 85.4 Å². The molecule has 1 N–H and O–H groups in total. The van der Waals surface area contributed by atoms with Crippen LogP contribution in [0.2, 0.25) is 5.02 Å². The fourth-order valence-corrected chi connectivity index (χ4v) is 5.20. The van der Waals surface area contributed by atoms with Crippen molar-refractivity contribution < 1.29 is 0 Å². The molecule has 1 saturated heterocycles. The molecule has 1 fully saturated rings. The number of rotatable bonds is 0. The van der Waals surface area contributed by atoms with Gasteiger partial charge in [0, 0.05) is 27.8 Å². The first kappa shape index (κ1) is 21.1. The van der Waals surface area contributed by atoms with Crippen molar-refractivity contribution in [2.45, 2.75) is 29.9 Å². The summed E-state index contributed by atoms with van der Waals surface area (Å²) in [6, 6.07) is 12.5. The molecule has 0 saturated carbocycles. The highest BCUT2D eigenvalue weighted by Crippen LogP contribution is 2.37. The molecule has 0 amide bonds. The van der Waals surface area contributed by atoms with E-state index in [1.807, 2.05) is 29.8 Å². The zero-order valence-corrected chi connectivity index (χ0v) is 20.0. The zero-order chi connectivity index (χ0) is 20.2. The van der Waals surface area contributed by atoms with E-state index in [2.05, 4.69) is 52.1 Å². The van der Waals surface area contributed by atoms with Crippen molar-refractivity contribution in [3.63, 3.8) is 0 Å². The first-order valence-electron chi connectivity index (χ1n) is 9.70. The van der Waals surface area contributed by atoms with Crippen LogP contribution in [0.4, 0.5) is 0 Å². The predicted molar refractivity (Wildman–Crippen MR) is 130 cm³/mol. The van der Waals surface area contributed by atoms with E-state index >= 15 is 0 Å². The molecule has 150 valence electrons. The fourth-order valence-electron chi connectivity index (χ4n) is 3.90. The van der Waals surface area contributed by atoms with Gasteiger partial charge in [-0.1, -0.05) is 23.7 Å².